The topological polar surface area (TPSA) is 20.2 Å². The maximum Gasteiger partial charge on any atom is 0.0702 e. The van der Waals surface area contributed by atoms with Crippen LogP contribution in [0.15, 0.2) is 0 Å². The van der Waals surface area contributed by atoms with Crippen LogP contribution < -0.4 is 0 Å². The predicted molar refractivity (Wildman–Crippen MR) is 41.4 cm³/mol. The molecule has 1 aliphatic carbocycles. The van der Waals surface area contributed by atoms with Crippen molar-refractivity contribution in [3.63, 3.8) is 0 Å². The number of aliphatic hydroxyl groups is 1. The molecule has 1 aliphatic rings. The zero-order valence-corrected chi connectivity index (χ0v) is 6.43. The van der Waals surface area contributed by atoms with Gasteiger partial charge in [-0.25, -0.2) is 0 Å². The maximum absolute atomic E-state index is 9.49. The van der Waals surface area contributed by atoms with E-state index in [1.54, 1.807) is 0 Å². The minimum atomic E-state index is -0.272. The van der Waals surface area contributed by atoms with E-state index in [4.69, 9.17) is 6.42 Å². The molecule has 0 aromatic rings. The first-order valence-electron chi connectivity index (χ1n) is 3.80. The Bertz CT molecular complexity index is 151. The molecule has 0 radical (unpaired) electrons. The molecule has 0 spiro atoms. The molecular weight excluding hydrogens is 124 g/mol. The van der Waals surface area contributed by atoms with Gasteiger partial charge in [0.25, 0.3) is 0 Å². The summed E-state index contributed by atoms with van der Waals surface area (Å²) in [6.07, 6.45) is 8.85. The summed E-state index contributed by atoms with van der Waals surface area (Å²) in [6, 6.07) is 0. The summed E-state index contributed by atoms with van der Waals surface area (Å²) in [5, 5.41) is 9.49. The second-order valence-electron chi connectivity index (χ2n) is 3.43. The van der Waals surface area contributed by atoms with Crippen LogP contribution in [0.3, 0.4) is 0 Å². The minimum absolute atomic E-state index is 0.145. The van der Waals surface area contributed by atoms with E-state index in [0.717, 1.165) is 12.8 Å². The molecule has 0 aromatic carbocycles. The molecule has 0 aliphatic heterocycles. The molecule has 10 heavy (non-hydrogen) atoms. The lowest BCUT2D eigenvalue weighted by molar-refractivity contribution is -0.0162. The Kier molecular flexibility index (Phi) is 2.01. The predicted octanol–water partition coefficient (Wildman–Crippen LogP) is 1.56. The van der Waals surface area contributed by atoms with E-state index in [9.17, 15) is 5.11 Å². The summed E-state index contributed by atoms with van der Waals surface area (Å²) in [5.41, 5.74) is 0.145. The number of hydrogen-bond acceptors (Lipinski definition) is 1. The lowest BCUT2D eigenvalue weighted by Gasteiger charge is -2.41. The van der Waals surface area contributed by atoms with Gasteiger partial charge in [0.1, 0.15) is 0 Å². The van der Waals surface area contributed by atoms with Crippen LogP contribution in [0.2, 0.25) is 0 Å². The van der Waals surface area contributed by atoms with Crippen LogP contribution in [0, 0.1) is 17.8 Å². The Morgan fingerprint density at radius 1 is 1.70 bits per heavy atom. The molecule has 56 valence electrons. The van der Waals surface area contributed by atoms with E-state index < -0.39 is 0 Å². The first kappa shape index (κ1) is 7.63. The fraction of sp³-hybridized carbons (Fsp3) is 0.778. The zero-order valence-electron chi connectivity index (χ0n) is 6.43. The molecule has 0 saturated heterocycles. The van der Waals surface area contributed by atoms with Crippen LogP contribution in [0.1, 0.15) is 32.6 Å². The third kappa shape index (κ3) is 1.17. The highest BCUT2D eigenvalue weighted by molar-refractivity contribution is 4.96. The van der Waals surface area contributed by atoms with Gasteiger partial charge in [0.2, 0.25) is 0 Å². The Hall–Kier alpha value is -0.480. The van der Waals surface area contributed by atoms with Gasteiger partial charge in [0.05, 0.1) is 6.10 Å². The van der Waals surface area contributed by atoms with Crippen molar-refractivity contribution in [3.05, 3.63) is 0 Å². The molecule has 1 heteroatoms. The summed E-state index contributed by atoms with van der Waals surface area (Å²) < 4.78 is 0. The van der Waals surface area contributed by atoms with Gasteiger partial charge in [0, 0.05) is 6.42 Å². The Balaban J connectivity index is 2.40. The number of hydrogen-bond donors (Lipinski definition) is 1. The second-order valence-corrected chi connectivity index (χ2v) is 3.43. The van der Waals surface area contributed by atoms with E-state index in [-0.39, 0.29) is 11.5 Å². The summed E-state index contributed by atoms with van der Waals surface area (Å²) >= 11 is 0. The Morgan fingerprint density at radius 2 is 2.30 bits per heavy atom. The zero-order chi connectivity index (χ0) is 7.61. The van der Waals surface area contributed by atoms with Gasteiger partial charge < -0.3 is 5.11 Å². The van der Waals surface area contributed by atoms with Gasteiger partial charge >= 0.3 is 0 Å². The number of rotatable bonds is 2. The Morgan fingerprint density at radius 3 is 2.60 bits per heavy atom. The van der Waals surface area contributed by atoms with Crippen molar-refractivity contribution < 1.29 is 5.11 Å². The molecule has 1 atom stereocenters. The van der Waals surface area contributed by atoms with Crippen LogP contribution in [-0.4, -0.2) is 11.2 Å². The van der Waals surface area contributed by atoms with Crippen molar-refractivity contribution in [2.24, 2.45) is 5.41 Å². The van der Waals surface area contributed by atoms with E-state index in [1.165, 1.54) is 6.42 Å². The van der Waals surface area contributed by atoms with Crippen LogP contribution in [0.5, 0.6) is 0 Å². The summed E-state index contributed by atoms with van der Waals surface area (Å²) in [4.78, 5) is 0. The lowest BCUT2D eigenvalue weighted by Crippen LogP contribution is -2.38. The van der Waals surface area contributed by atoms with Gasteiger partial charge in [0.15, 0.2) is 0 Å². The maximum atomic E-state index is 9.49. The smallest absolute Gasteiger partial charge is 0.0702 e. The first-order chi connectivity index (χ1) is 4.69. The molecular formula is C9H14O. The molecule has 0 aromatic heterocycles. The molecule has 0 heterocycles. The standard InChI is InChI=1S/C9H14O/c1-3-5-8(10)9(2)6-4-7-9/h1,8,10H,4-7H2,2H3. The van der Waals surface area contributed by atoms with Gasteiger partial charge in [-0.05, 0) is 18.3 Å². The second kappa shape index (κ2) is 2.64. The van der Waals surface area contributed by atoms with E-state index in [2.05, 4.69) is 12.8 Å². The average Bonchev–Trinajstić information content (AvgIpc) is 1.83. The van der Waals surface area contributed by atoms with Crippen LogP contribution >= 0.6 is 0 Å². The van der Waals surface area contributed by atoms with Crippen LogP contribution in [0.25, 0.3) is 0 Å². The highest BCUT2D eigenvalue weighted by Gasteiger charge is 2.37. The molecule has 1 fully saturated rings. The fourth-order valence-corrected chi connectivity index (χ4v) is 1.43. The van der Waals surface area contributed by atoms with Crippen molar-refractivity contribution in [1.82, 2.24) is 0 Å². The quantitative estimate of drug-likeness (QED) is 0.574. The van der Waals surface area contributed by atoms with E-state index in [0.29, 0.717) is 6.42 Å². The fourth-order valence-electron chi connectivity index (χ4n) is 1.43. The molecule has 1 saturated carbocycles. The van der Waals surface area contributed by atoms with Gasteiger partial charge in [-0.2, -0.15) is 0 Å². The third-order valence-corrected chi connectivity index (χ3v) is 2.61. The molecule has 1 unspecified atom stereocenters. The number of terminal acetylenes is 1. The molecule has 1 rings (SSSR count). The number of aliphatic hydroxyl groups excluding tert-OH is 1. The first-order valence-corrected chi connectivity index (χ1v) is 3.80. The summed E-state index contributed by atoms with van der Waals surface area (Å²) in [7, 11) is 0. The normalized spacial score (nSPS) is 24.5. The van der Waals surface area contributed by atoms with E-state index in [1.807, 2.05) is 0 Å². The van der Waals surface area contributed by atoms with Crippen LogP contribution in [0.4, 0.5) is 0 Å². The molecule has 0 amide bonds. The SMILES string of the molecule is C#CCC(O)C1(C)CCC1. The van der Waals surface area contributed by atoms with Crippen LogP contribution in [-0.2, 0) is 0 Å². The van der Waals surface area contributed by atoms with Gasteiger partial charge in [-0.3, -0.25) is 0 Å². The minimum Gasteiger partial charge on any atom is -0.392 e. The van der Waals surface area contributed by atoms with Crippen molar-refractivity contribution in [3.8, 4) is 12.3 Å². The molecule has 0 bridgehead atoms. The lowest BCUT2D eigenvalue weighted by atomic mass is 9.66. The summed E-state index contributed by atoms with van der Waals surface area (Å²) in [5.74, 6) is 2.49. The van der Waals surface area contributed by atoms with Crippen molar-refractivity contribution in [1.29, 1.82) is 0 Å². The van der Waals surface area contributed by atoms with Gasteiger partial charge in [-0.15, -0.1) is 12.3 Å². The third-order valence-electron chi connectivity index (χ3n) is 2.61. The van der Waals surface area contributed by atoms with Gasteiger partial charge in [-0.1, -0.05) is 13.3 Å². The molecule has 1 N–H and O–H groups in total. The monoisotopic (exact) mass is 138 g/mol. The largest absolute Gasteiger partial charge is 0.392 e. The highest BCUT2D eigenvalue weighted by atomic mass is 16.3. The highest BCUT2D eigenvalue weighted by Crippen LogP contribution is 2.44. The Labute approximate surface area is 62.4 Å². The van der Waals surface area contributed by atoms with Crippen molar-refractivity contribution in [2.45, 2.75) is 38.7 Å². The van der Waals surface area contributed by atoms with Crippen molar-refractivity contribution >= 4 is 0 Å². The van der Waals surface area contributed by atoms with E-state index >= 15 is 0 Å². The summed E-state index contributed by atoms with van der Waals surface area (Å²) in [6.45, 7) is 2.11. The molecule has 1 nitrogen and oxygen atoms in total. The van der Waals surface area contributed by atoms with Crippen molar-refractivity contribution in [2.75, 3.05) is 0 Å². The average molecular weight is 138 g/mol.